The van der Waals surface area contributed by atoms with Gasteiger partial charge in [-0.25, -0.2) is 4.79 Å². The highest BCUT2D eigenvalue weighted by Gasteiger charge is 2.24. The molecule has 1 aromatic carbocycles. The number of ether oxygens (including phenoxy) is 3. The Balaban J connectivity index is 1.87. The predicted molar refractivity (Wildman–Crippen MR) is 89.5 cm³/mol. The summed E-state index contributed by atoms with van der Waals surface area (Å²) in [4.78, 5) is 12.0. The topological polar surface area (TPSA) is 89.0 Å². The Morgan fingerprint density at radius 3 is 2.83 bits per heavy atom. The van der Waals surface area contributed by atoms with Crippen molar-refractivity contribution in [3.8, 4) is 11.5 Å². The molecule has 1 heterocycles. The number of benzene rings is 1. The lowest BCUT2D eigenvalue weighted by Crippen LogP contribution is -2.46. The van der Waals surface area contributed by atoms with Crippen molar-refractivity contribution >= 4 is 6.03 Å². The molecule has 0 radical (unpaired) electrons. The second-order valence-corrected chi connectivity index (χ2v) is 5.82. The molecular weight excluding hydrogens is 312 g/mol. The van der Waals surface area contributed by atoms with Gasteiger partial charge in [0.2, 0.25) is 0 Å². The summed E-state index contributed by atoms with van der Waals surface area (Å²) in [6.07, 6.45) is 1.12. The highest BCUT2D eigenvalue weighted by Crippen LogP contribution is 2.29. The van der Waals surface area contributed by atoms with E-state index < -0.39 is 6.10 Å². The highest BCUT2D eigenvalue weighted by atomic mass is 16.5. The van der Waals surface area contributed by atoms with Crippen molar-refractivity contribution in [1.29, 1.82) is 0 Å². The average molecular weight is 338 g/mol. The smallest absolute Gasteiger partial charge is 0.315 e. The summed E-state index contributed by atoms with van der Waals surface area (Å²) in [6, 6.07) is 4.75. The summed E-state index contributed by atoms with van der Waals surface area (Å²) >= 11 is 0. The van der Waals surface area contributed by atoms with Crippen molar-refractivity contribution in [2.24, 2.45) is 0 Å². The molecule has 1 aliphatic heterocycles. The first-order valence-electron chi connectivity index (χ1n) is 8.11. The fraction of sp³-hybridized carbons (Fsp3) is 0.588. The Morgan fingerprint density at radius 2 is 2.21 bits per heavy atom. The van der Waals surface area contributed by atoms with Crippen LogP contribution in [-0.2, 0) is 4.74 Å². The number of carbonyl (C=O) groups is 1. The normalized spacial score (nSPS) is 19.4. The van der Waals surface area contributed by atoms with E-state index in [0.717, 1.165) is 19.4 Å². The minimum absolute atomic E-state index is 0.0548. The fourth-order valence-corrected chi connectivity index (χ4v) is 2.75. The molecule has 24 heavy (non-hydrogen) atoms. The average Bonchev–Trinajstić information content (AvgIpc) is 3.13. The summed E-state index contributed by atoms with van der Waals surface area (Å²) in [5.41, 5.74) is 0.560. The monoisotopic (exact) mass is 338 g/mol. The number of rotatable bonds is 7. The molecule has 0 aliphatic carbocycles. The fourth-order valence-electron chi connectivity index (χ4n) is 2.75. The van der Waals surface area contributed by atoms with E-state index in [0.29, 0.717) is 17.1 Å². The maximum absolute atomic E-state index is 12.0. The summed E-state index contributed by atoms with van der Waals surface area (Å²) in [7, 11) is 3.08. The van der Waals surface area contributed by atoms with E-state index in [-0.39, 0.29) is 24.7 Å². The van der Waals surface area contributed by atoms with Crippen LogP contribution in [0.2, 0.25) is 0 Å². The van der Waals surface area contributed by atoms with Crippen LogP contribution in [0.25, 0.3) is 0 Å². The zero-order chi connectivity index (χ0) is 17.5. The van der Waals surface area contributed by atoms with Crippen LogP contribution >= 0.6 is 0 Å². The molecule has 0 saturated carbocycles. The first kappa shape index (κ1) is 18.4. The number of hydrogen-bond donors (Lipinski definition) is 3. The molecule has 0 unspecified atom stereocenters. The van der Waals surface area contributed by atoms with Crippen molar-refractivity contribution in [2.45, 2.75) is 38.0 Å². The van der Waals surface area contributed by atoms with Gasteiger partial charge in [-0.1, -0.05) is 0 Å². The number of urea groups is 1. The van der Waals surface area contributed by atoms with Crippen molar-refractivity contribution in [1.82, 2.24) is 10.6 Å². The highest BCUT2D eigenvalue weighted by molar-refractivity contribution is 5.74. The SMILES string of the molecule is COc1ccc(OC)c([C@H](O)CNC(=O)N[C@H](C)[C@@H]2CCCO2)c1. The quantitative estimate of drug-likeness (QED) is 0.703. The van der Waals surface area contributed by atoms with Crippen LogP contribution in [0.3, 0.4) is 0 Å². The van der Waals surface area contributed by atoms with Gasteiger partial charge in [-0.15, -0.1) is 0 Å². The minimum Gasteiger partial charge on any atom is -0.497 e. The van der Waals surface area contributed by atoms with E-state index in [1.165, 1.54) is 7.11 Å². The lowest BCUT2D eigenvalue weighted by molar-refractivity contribution is 0.0856. The van der Waals surface area contributed by atoms with Crippen LogP contribution in [0.5, 0.6) is 11.5 Å². The van der Waals surface area contributed by atoms with Gasteiger partial charge in [-0.05, 0) is 38.0 Å². The summed E-state index contributed by atoms with van der Waals surface area (Å²) in [6.45, 7) is 2.72. The Labute approximate surface area is 142 Å². The van der Waals surface area contributed by atoms with Crippen LogP contribution in [-0.4, -0.2) is 50.7 Å². The van der Waals surface area contributed by atoms with Gasteiger partial charge in [0.25, 0.3) is 0 Å². The first-order chi connectivity index (χ1) is 11.5. The van der Waals surface area contributed by atoms with Crippen molar-refractivity contribution in [3.63, 3.8) is 0 Å². The van der Waals surface area contributed by atoms with Gasteiger partial charge in [-0.2, -0.15) is 0 Å². The molecule has 134 valence electrons. The summed E-state index contributed by atoms with van der Waals surface area (Å²) in [5.74, 6) is 1.15. The maximum atomic E-state index is 12.0. The second kappa shape index (κ2) is 8.75. The third kappa shape index (κ3) is 4.75. The lowest BCUT2D eigenvalue weighted by Gasteiger charge is -2.21. The maximum Gasteiger partial charge on any atom is 0.315 e. The first-order valence-corrected chi connectivity index (χ1v) is 8.11. The standard InChI is InChI=1S/C17H26N2O5/c1-11(15-5-4-8-24-15)19-17(21)18-10-14(20)13-9-12(22-2)6-7-16(13)23-3/h6-7,9,11,14-15,20H,4-5,8,10H2,1-3H3,(H2,18,19,21)/t11-,14-,15+/m1/s1. The molecule has 0 spiro atoms. The molecule has 1 fully saturated rings. The Kier molecular flexibility index (Phi) is 6.69. The zero-order valence-corrected chi connectivity index (χ0v) is 14.4. The van der Waals surface area contributed by atoms with Crippen LogP contribution in [0.15, 0.2) is 18.2 Å². The number of nitrogens with one attached hydrogen (secondary N) is 2. The Bertz CT molecular complexity index is 546. The Morgan fingerprint density at radius 1 is 1.42 bits per heavy atom. The van der Waals surface area contributed by atoms with Gasteiger partial charge in [0.15, 0.2) is 0 Å². The minimum atomic E-state index is -0.904. The van der Waals surface area contributed by atoms with Crippen LogP contribution < -0.4 is 20.1 Å². The molecule has 7 heteroatoms. The van der Waals surface area contributed by atoms with E-state index in [1.807, 2.05) is 6.92 Å². The molecular formula is C17H26N2O5. The lowest BCUT2D eigenvalue weighted by atomic mass is 10.1. The zero-order valence-electron chi connectivity index (χ0n) is 14.4. The van der Waals surface area contributed by atoms with E-state index >= 15 is 0 Å². The van der Waals surface area contributed by atoms with Gasteiger partial charge >= 0.3 is 6.03 Å². The number of hydrogen-bond acceptors (Lipinski definition) is 5. The number of aliphatic hydroxyl groups is 1. The largest absolute Gasteiger partial charge is 0.497 e. The van der Waals surface area contributed by atoms with Crippen molar-refractivity contribution in [3.05, 3.63) is 23.8 Å². The molecule has 7 nitrogen and oxygen atoms in total. The van der Waals surface area contributed by atoms with Crippen molar-refractivity contribution in [2.75, 3.05) is 27.4 Å². The van der Waals surface area contributed by atoms with E-state index in [1.54, 1.807) is 25.3 Å². The van der Waals surface area contributed by atoms with E-state index in [2.05, 4.69) is 10.6 Å². The molecule has 2 rings (SSSR count). The third-order valence-electron chi connectivity index (χ3n) is 4.13. The number of carbonyl (C=O) groups excluding carboxylic acids is 1. The molecule has 2 amide bonds. The molecule has 1 aromatic rings. The summed E-state index contributed by atoms with van der Waals surface area (Å²) in [5, 5.41) is 15.9. The van der Waals surface area contributed by atoms with E-state index in [4.69, 9.17) is 14.2 Å². The van der Waals surface area contributed by atoms with Crippen molar-refractivity contribution < 1.29 is 24.1 Å². The second-order valence-electron chi connectivity index (χ2n) is 5.82. The van der Waals surface area contributed by atoms with Gasteiger partial charge in [0, 0.05) is 18.7 Å². The number of amides is 2. The van der Waals surface area contributed by atoms with Gasteiger partial charge in [-0.3, -0.25) is 0 Å². The number of aliphatic hydroxyl groups excluding tert-OH is 1. The van der Waals surface area contributed by atoms with Gasteiger partial charge in [0.05, 0.1) is 26.4 Å². The molecule has 0 bridgehead atoms. The predicted octanol–water partition coefficient (Wildman–Crippen LogP) is 1.60. The Hall–Kier alpha value is -1.99. The van der Waals surface area contributed by atoms with Crippen LogP contribution in [0.1, 0.15) is 31.4 Å². The van der Waals surface area contributed by atoms with Gasteiger partial charge in [0.1, 0.15) is 17.6 Å². The number of methoxy groups -OCH3 is 2. The third-order valence-corrected chi connectivity index (χ3v) is 4.13. The van der Waals surface area contributed by atoms with Crippen LogP contribution in [0, 0.1) is 0 Å². The summed E-state index contributed by atoms with van der Waals surface area (Å²) < 4.78 is 15.9. The molecule has 3 atom stereocenters. The molecule has 1 saturated heterocycles. The van der Waals surface area contributed by atoms with Gasteiger partial charge < -0.3 is 30.0 Å². The van der Waals surface area contributed by atoms with E-state index in [9.17, 15) is 9.90 Å². The molecule has 3 N–H and O–H groups in total. The van der Waals surface area contributed by atoms with Crippen LogP contribution in [0.4, 0.5) is 4.79 Å². The molecule has 0 aromatic heterocycles. The molecule has 1 aliphatic rings.